The Labute approximate surface area is 116 Å². The summed E-state index contributed by atoms with van der Waals surface area (Å²) in [4.78, 5) is 23.4. The predicted octanol–water partition coefficient (Wildman–Crippen LogP) is 1.18. The van der Waals surface area contributed by atoms with Gasteiger partial charge in [-0.3, -0.25) is 14.9 Å². The van der Waals surface area contributed by atoms with Crippen molar-refractivity contribution in [2.24, 2.45) is 0 Å². The van der Waals surface area contributed by atoms with Crippen molar-refractivity contribution >= 4 is 11.8 Å². The van der Waals surface area contributed by atoms with E-state index in [1.807, 2.05) is 27.7 Å². The highest BCUT2D eigenvalue weighted by Crippen LogP contribution is 1.99. The van der Waals surface area contributed by atoms with Gasteiger partial charge in [0.1, 0.15) is 0 Å². The Morgan fingerprint density at radius 1 is 1.16 bits per heavy atom. The van der Waals surface area contributed by atoms with Gasteiger partial charge in [-0.15, -0.1) is 0 Å². The van der Waals surface area contributed by atoms with Crippen molar-refractivity contribution in [2.75, 3.05) is 6.54 Å². The summed E-state index contributed by atoms with van der Waals surface area (Å²) in [6, 6.07) is -0.204. The highest BCUT2D eigenvalue weighted by Gasteiger charge is 2.19. The fraction of sp³-hybridized carbons (Fsp3) is 0.857. The molecule has 0 fully saturated rings. The van der Waals surface area contributed by atoms with Gasteiger partial charge in [0.2, 0.25) is 11.8 Å². The summed E-state index contributed by atoms with van der Waals surface area (Å²) in [6.07, 6.45) is 2.01. The Morgan fingerprint density at radius 3 is 2.21 bits per heavy atom. The van der Waals surface area contributed by atoms with E-state index in [1.165, 1.54) is 0 Å². The highest BCUT2D eigenvalue weighted by atomic mass is 16.2. The van der Waals surface area contributed by atoms with E-state index < -0.39 is 0 Å². The summed E-state index contributed by atoms with van der Waals surface area (Å²) in [6.45, 7) is 11.8. The lowest BCUT2D eigenvalue weighted by Gasteiger charge is -2.23. The molecule has 0 saturated carbocycles. The molecule has 5 nitrogen and oxygen atoms in total. The van der Waals surface area contributed by atoms with Crippen LogP contribution in [-0.2, 0) is 9.59 Å². The zero-order valence-electron chi connectivity index (χ0n) is 13.1. The molecule has 0 aromatic heterocycles. The van der Waals surface area contributed by atoms with Gasteiger partial charge >= 0.3 is 0 Å². The van der Waals surface area contributed by atoms with Gasteiger partial charge in [-0.25, -0.2) is 0 Å². The topological polar surface area (TPSA) is 70.2 Å². The fourth-order valence-corrected chi connectivity index (χ4v) is 1.65. The van der Waals surface area contributed by atoms with E-state index in [2.05, 4.69) is 22.9 Å². The first-order valence-electron chi connectivity index (χ1n) is 7.00. The van der Waals surface area contributed by atoms with Gasteiger partial charge in [-0.1, -0.05) is 13.3 Å². The van der Waals surface area contributed by atoms with Crippen molar-refractivity contribution in [3.63, 3.8) is 0 Å². The number of rotatable bonds is 7. The molecule has 0 radical (unpaired) electrons. The molecular formula is C14H29N3O2. The van der Waals surface area contributed by atoms with E-state index in [-0.39, 0.29) is 36.0 Å². The molecule has 2 amide bonds. The molecule has 0 aliphatic carbocycles. The largest absolute Gasteiger partial charge is 0.353 e. The Kier molecular flexibility index (Phi) is 7.68. The lowest BCUT2D eigenvalue weighted by molar-refractivity contribution is -0.124. The standard InChI is InChI=1S/C14H29N3O2/c1-7-8-10(2)16-12(18)9-15-11(3)13(19)17-14(4,5)6/h10-11,15H,7-9H2,1-6H3,(H,16,18)(H,17,19). The van der Waals surface area contributed by atoms with Crippen LogP contribution in [0.15, 0.2) is 0 Å². The van der Waals surface area contributed by atoms with E-state index in [0.717, 1.165) is 12.8 Å². The normalized spacial score (nSPS) is 14.6. The third-order valence-corrected chi connectivity index (χ3v) is 2.59. The molecular weight excluding hydrogens is 242 g/mol. The number of nitrogens with one attached hydrogen (secondary N) is 3. The van der Waals surface area contributed by atoms with Crippen LogP contribution in [-0.4, -0.2) is 36.0 Å². The Morgan fingerprint density at radius 2 is 1.74 bits per heavy atom. The van der Waals surface area contributed by atoms with Crippen LogP contribution in [0.4, 0.5) is 0 Å². The smallest absolute Gasteiger partial charge is 0.237 e. The molecule has 0 saturated heterocycles. The van der Waals surface area contributed by atoms with E-state index >= 15 is 0 Å². The number of amides is 2. The molecule has 112 valence electrons. The zero-order valence-corrected chi connectivity index (χ0v) is 13.1. The molecule has 0 spiro atoms. The monoisotopic (exact) mass is 271 g/mol. The Hall–Kier alpha value is -1.10. The first-order valence-corrected chi connectivity index (χ1v) is 7.00. The summed E-state index contributed by atoms with van der Waals surface area (Å²) in [5, 5.41) is 8.69. The van der Waals surface area contributed by atoms with Crippen molar-refractivity contribution in [1.29, 1.82) is 0 Å². The molecule has 3 N–H and O–H groups in total. The fourth-order valence-electron chi connectivity index (χ4n) is 1.65. The number of carbonyl (C=O) groups is 2. The maximum absolute atomic E-state index is 11.8. The lowest BCUT2D eigenvalue weighted by Crippen LogP contribution is -2.51. The van der Waals surface area contributed by atoms with E-state index in [1.54, 1.807) is 6.92 Å². The third-order valence-electron chi connectivity index (χ3n) is 2.59. The molecule has 0 aliphatic rings. The summed E-state index contributed by atoms with van der Waals surface area (Å²) in [5.41, 5.74) is -0.259. The molecule has 2 atom stereocenters. The quantitative estimate of drug-likeness (QED) is 0.651. The summed E-state index contributed by atoms with van der Waals surface area (Å²) in [7, 11) is 0. The first-order chi connectivity index (χ1) is 8.65. The number of carbonyl (C=O) groups excluding carboxylic acids is 2. The van der Waals surface area contributed by atoms with E-state index in [4.69, 9.17) is 0 Å². The van der Waals surface area contributed by atoms with Gasteiger partial charge in [-0.05, 0) is 41.0 Å². The Bertz CT molecular complexity index is 298. The summed E-state index contributed by atoms with van der Waals surface area (Å²) >= 11 is 0. The van der Waals surface area contributed by atoms with Crippen molar-refractivity contribution in [1.82, 2.24) is 16.0 Å². The minimum Gasteiger partial charge on any atom is -0.353 e. The predicted molar refractivity (Wildman–Crippen MR) is 77.9 cm³/mol. The van der Waals surface area contributed by atoms with Crippen molar-refractivity contribution < 1.29 is 9.59 Å². The number of hydrogen-bond donors (Lipinski definition) is 3. The molecule has 0 aromatic rings. The van der Waals surface area contributed by atoms with Crippen LogP contribution >= 0.6 is 0 Å². The van der Waals surface area contributed by atoms with Crippen LogP contribution in [0.2, 0.25) is 0 Å². The molecule has 0 aromatic carbocycles. The summed E-state index contributed by atoms with van der Waals surface area (Å²) < 4.78 is 0. The molecule has 19 heavy (non-hydrogen) atoms. The van der Waals surface area contributed by atoms with Gasteiger partial charge in [0.05, 0.1) is 12.6 Å². The molecule has 0 rings (SSSR count). The SMILES string of the molecule is CCCC(C)NC(=O)CNC(C)C(=O)NC(C)(C)C. The van der Waals surface area contributed by atoms with Crippen LogP contribution in [0.3, 0.4) is 0 Å². The van der Waals surface area contributed by atoms with Crippen LogP contribution in [0.25, 0.3) is 0 Å². The van der Waals surface area contributed by atoms with Crippen LogP contribution < -0.4 is 16.0 Å². The minimum atomic E-state index is -0.383. The van der Waals surface area contributed by atoms with Crippen LogP contribution in [0, 0.1) is 0 Å². The second-order valence-corrected chi connectivity index (χ2v) is 6.10. The van der Waals surface area contributed by atoms with Gasteiger partial charge < -0.3 is 10.6 Å². The molecule has 0 bridgehead atoms. The molecule has 5 heteroatoms. The van der Waals surface area contributed by atoms with Gasteiger partial charge in [0.15, 0.2) is 0 Å². The van der Waals surface area contributed by atoms with E-state index in [0.29, 0.717) is 0 Å². The summed E-state index contributed by atoms with van der Waals surface area (Å²) in [5.74, 6) is -0.168. The van der Waals surface area contributed by atoms with Crippen molar-refractivity contribution in [3.05, 3.63) is 0 Å². The molecule has 0 heterocycles. The van der Waals surface area contributed by atoms with Gasteiger partial charge in [0.25, 0.3) is 0 Å². The average molecular weight is 271 g/mol. The lowest BCUT2D eigenvalue weighted by atomic mass is 10.1. The van der Waals surface area contributed by atoms with Crippen molar-refractivity contribution in [3.8, 4) is 0 Å². The second kappa shape index (κ2) is 8.15. The van der Waals surface area contributed by atoms with Gasteiger partial charge in [-0.2, -0.15) is 0 Å². The highest BCUT2D eigenvalue weighted by molar-refractivity contribution is 5.83. The maximum atomic E-state index is 11.8. The first kappa shape index (κ1) is 17.9. The number of hydrogen-bond acceptors (Lipinski definition) is 3. The third kappa shape index (κ3) is 9.47. The van der Waals surface area contributed by atoms with E-state index in [9.17, 15) is 9.59 Å². The molecule has 2 unspecified atom stereocenters. The van der Waals surface area contributed by atoms with Crippen LogP contribution in [0.1, 0.15) is 54.4 Å². The average Bonchev–Trinajstić information content (AvgIpc) is 2.23. The maximum Gasteiger partial charge on any atom is 0.237 e. The van der Waals surface area contributed by atoms with Crippen LogP contribution in [0.5, 0.6) is 0 Å². The second-order valence-electron chi connectivity index (χ2n) is 6.10. The van der Waals surface area contributed by atoms with Crippen molar-refractivity contribution in [2.45, 2.75) is 72.0 Å². The minimum absolute atomic E-state index is 0.0728. The molecule has 0 aliphatic heterocycles. The Balaban J connectivity index is 3.99. The zero-order chi connectivity index (χ0) is 15.1. The van der Waals surface area contributed by atoms with Gasteiger partial charge in [0, 0.05) is 11.6 Å².